The minimum absolute atomic E-state index is 0.0409. The van der Waals surface area contributed by atoms with Crippen LogP contribution in [0.25, 0.3) is 0 Å². The van der Waals surface area contributed by atoms with Crippen LogP contribution in [0.5, 0.6) is 28.7 Å². The molecule has 2 aromatic carbocycles. The van der Waals surface area contributed by atoms with Gasteiger partial charge in [-0.2, -0.15) is 0 Å². The summed E-state index contributed by atoms with van der Waals surface area (Å²) in [6, 6.07) is 7.79. The molecule has 0 aromatic heterocycles. The molecule has 2 aromatic rings. The van der Waals surface area contributed by atoms with Crippen molar-refractivity contribution in [1.29, 1.82) is 0 Å². The van der Waals surface area contributed by atoms with E-state index in [1.54, 1.807) is 12.1 Å². The van der Waals surface area contributed by atoms with Crippen LogP contribution in [0.2, 0.25) is 0 Å². The molecule has 0 fully saturated rings. The Morgan fingerprint density at radius 1 is 0.867 bits per heavy atom. The highest BCUT2D eigenvalue weighted by atomic mass is 16.6. The van der Waals surface area contributed by atoms with E-state index in [0.29, 0.717) is 47.5 Å². The van der Waals surface area contributed by atoms with Gasteiger partial charge in [-0.05, 0) is 44.2 Å². The predicted molar refractivity (Wildman–Crippen MR) is 108 cm³/mol. The fraction of sp³-hybridized carbons (Fsp3) is 0.333. The largest absolute Gasteiger partial charge is 0.493 e. The monoisotopic (exact) mass is 416 g/mol. The SMILES string of the molecule is COc1cc(C(=O)NNC(=O)c2cc(OC)c3c(c2)OCCO3)ccc1OC(C)C. The summed E-state index contributed by atoms with van der Waals surface area (Å²) in [5.41, 5.74) is 5.30. The zero-order valence-electron chi connectivity index (χ0n) is 17.2. The molecule has 2 N–H and O–H groups in total. The number of nitrogens with one attached hydrogen (secondary N) is 2. The number of benzene rings is 2. The summed E-state index contributed by atoms with van der Waals surface area (Å²) in [5.74, 6) is 1.11. The van der Waals surface area contributed by atoms with Gasteiger partial charge in [0.25, 0.3) is 11.8 Å². The van der Waals surface area contributed by atoms with E-state index in [9.17, 15) is 9.59 Å². The van der Waals surface area contributed by atoms with Crippen LogP contribution < -0.4 is 34.5 Å². The van der Waals surface area contributed by atoms with Gasteiger partial charge in [-0.25, -0.2) is 0 Å². The molecule has 160 valence electrons. The average molecular weight is 416 g/mol. The van der Waals surface area contributed by atoms with E-state index in [-0.39, 0.29) is 11.7 Å². The Labute approximate surface area is 174 Å². The summed E-state index contributed by atoms with van der Waals surface area (Å²) in [6.07, 6.45) is -0.0409. The first-order valence-corrected chi connectivity index (χ1v) is 9.36. The maximum absolute atomic E-state index is 12.5. The second-order valence-electron chi connectivity index (χ2n) is 6.64. The highest BCUT2D eigenvalue weighted by Gasteiger charge is 2.21. The first kappa shape index (κ1) is 21.1. The topological polar surface area (TPSA) is 104 Å². The number of carbonyl (C=O) groups excluding carboxylic acids is 2. The van der Waals surface area contributed by atoms with Gasteiger partial charge in [-0.15, -0.1) is 0 Å². The predicted octanol–water partition coefficient (Wildman–Crippen LogP) is 2.34. The number of hydrogen-bond acceptors (Lipinski definition) is 7. The van der Waals surface area contributed by atoms with Crippen LogP contribution in [0.1, 0.15) is 34.6 Å². The van der Waals surface area contributed by atoms with Crippen LogP contribution in [-0.2, 0) is 0 Å². The van der Waals surface area contributed by atoms with Crippen molar-refractivity contribution in [2.24, 2.45) is 0 Å². The summed E-state index contributed by atoms with van der Waals surface area (Å²) >= 11 is 0. The molecule has 2 amide bonds. The molecule has 0 unspecified atom stereocenters. The maximum Gasteiger partial charge on any atom is 0.269 e. The Hall–Kier alpha value is -3.62. The average Bonchev–Trinajstić information content (AvgIpc) is 2.76. The third-order valence-electron chi connectivity index (χ3n) is 4.17. The third-order valence-corrected chi connectivity index (χ3v) is 4.17. The van der Waals surface area contributed by atoms with Crippen LogP contribution in [0.3, 0.4) is 0 Å². The second kappa shape index (κ2) is 9.25. The number of amides is 2. The zero-order chi connectivity index (χ0) is 21.7. The molecule has 3 rings (SSSR count). The number of rotatable bonds is 6. The van der Waals surface area contributed by atoms with Crippen LogP contribution in [0.15, 0.2) is 30.3 Å². The van der Waals surface area contributed by atoms with E-state index in [4.69, 9.17) is 23.7 Å². The van der Waals surface area contributed by atoms with Crippen molar-refractivity contribution in [3.05, 3.63) is 41.5 Å². The van der Waals surface area contributed by atoms with E-state index in [1.807, 2.05) is 13.8 Å². The summed E-state index contributed by atoms with van der Waals surface area (Å²) in [4.78, 5) is 25.0. The van der Waals surface area contributed by atoms with Crippen LogP contribution in [0, 0.1) is 0 Å². The molecule has 9 heteroatoms. The van der Waals surface area contributed by atoms with E-state index in [1.165, 1.54) is 32.4 Å². The summed E-state index contributed by atoms with van der Waals surface area (Å²) in [6.45, 7) is 4.55. The zero-order valence-corrected chi connectivity index (χ0v) is 17.2. The highest BCUT2D eigenvalue weighted by molar-refractivity contribution is 6.00. The molecule has 1 heterocycles. The minimum atomic E-state index is -0.537. The fourth-order valence-electron chi connectivity index (χ4n) is 2.82. The van der Waals surface area contributed by atoms with Gasteiger partial charge in [-0.1, -0.05) is 0 Å². The van der Waals surface area contributed by atoms with Gasteiger partial charge in [0.15, 0.2) is 23.0 Å². The summed E-state index contributed by atoms with van der Waals surface area (Å²) in [7, 11) is 2.96. The van der Waals surface area contributed by atoms with Crippen molar-refractivity contribution >= 4 is 11.8 Å². The number of methoxy groups -OCH3 is 2. The molecule has 0 atom stereocenters. The summed E-state index contributed by atoms with van der Waals surface area (Å²) in [5, 5.41) is 0. The highest BCUT2D eigenvalue weighted by Crippen LogP contribution is 2.40. The van der Waals surface area contributed by atoms with Gasteiger partial charge < -0.3 is 23.7 Å². The molecular formula is C21H24N2O7. The Morgan fingerprint density at radius 3 is 2.17 bits per heavy atom. The Morgan fingerprint density at radius 2 is 1.50 bits per heavy atom. The first-order valence-electron chi connectivity index (χ1n) is 9.36. The van der Waals surface area contributed by atoms with Crippen molar-refractivity contribution < 1.29 is 33.3 Å². The molecule has 0 saturated carbocycles. The quantitative estimate of drug-likeness (QED) is 0.697. The van der Waals surface area contributed by atoms with E-state index >= 15 is 0 Å². The van der Waals surface area contributed by atoms with Gasteiger partial charge in [0.2, 0.25) is 5.75 Å². The maximum atomic E-state index is 12.5. The van der Waals surface area contributed by atoms with Crippen molar-refractivity contribution in [3.8, 4) is 28.7 Å². The minimum Gasteiger partial charge on any atom is -0.493 e. The van der Waals surface area contributed by atoms with Gasteiger partial charge in [0.05, 0.1) is 20.3 Å². The normalized spacial score (nSPS) is 12.2. The molecule has 9 nitrogen and oxygen atoms in total. The van der Waals surface area contributed by atoms with Crippen LogP contribution >= 0.6 is 0 Å². The van der Waals surface area contributed by atoms with Crippen molar-refractivity contribution in [3.63, 3.8) is 0 Å². The second-order valence-corrected chi connectivity index (χ2v) is 6.64. The Kier molecular flexibility index (Phi) is 6.51. The van der Waals surface area contributed by atoms with Crippen molar-refractivity contribution in [2.45, 2.75) is 20.0 Å². The molecule has 0 aliphatic carbocycles. The number of carbonyl (C=O) groups is 2. The molecule has 0 saturated heterocycles. The Balaban J connectivity index is 1.69. The molecule has 30 heavy (non-hydrogen) atoms. The molecule has 1 aliphatic rings. The molecule has 0 bridgehead atoms. The summed E-state index contributed by atoms with van der Waals surface area (Å²) < 4.78 is 27.2. The number of hydrogen-bond donors (Lipinski definition) is 2. The van der Waals surface area contributed by atoms with Crippen LogP contribution in [-0.4, -0.2) is 45.4 Å². The fourth-order valence-corrected chi connectivity index (χ4v) is 2.82. The van der Waals surface area contributed by atoms with Gasteiger partial charge in [0, 0.05) is 11.1 Å². The van der Waals surface area contributed by atoms with Gasteiger partial charge in [-0.3, -0.25) is 20.4 Å². The molecule has 0 spiro atoms. The smallest absolute Gasteiger partial charge is 0.269 e. The lowest BCUT2D eigenvalue weighted by Gasteiger charge is -2.21. The van der Waals surface area contributed by atoms with Gasteiger partial charge in [0.1, 0.15) is 13.2 Å². The van der Waals surface area contributed by atoms with E-state index < -0.39 is 11.8 Å². The van der Waals surface area contributed by atoms with Gasteiger partial charge >= 0.3 is 0 Å². The van der Waals surface area contributed by atoms with Crippen molar-refractivity contribution in [2.75, 3.05) is 27.4 Å². The van der Waals surface area contributed by atoms with E-state index in [0.717, 1.165) is 0 Å². The molecule has 0 radical (unpaired) electrons. The third kappa shape index (κ3) is 4.68. The Bertz CT molecular complexity index is 926. The standard InChI is InChI=1S/C21H24N2O7/c1-12(2)30-15-6-5-13(9-16(15)26-3)20(24)22-23-21(25)14-10-17(27-4)19-18(11-14)28-7-8-29-19/h5-6,9-12H,7-8H2,1-4H3,(H,22,24)(H,23,25). The van der Waals surface area contributed by atoms with E-state index in [2.05, 4.69) is 10.9 Å². The molecule has 1 aliphatic heterocycles. The lowest BCUT2D eigenvalue weighted by molar-refractivity contribution is 0.0845. The first-order chi connectivity index (χ1) is 14.4. The lowest BCUT2D eigenvalue weighted by atomic mass is 10.1. The van der Waals surface area contributed by atoms with Crippen LogP contribution in [0.4, 0.5) is 0 Å². The van der Waals surface area contributed by atoms with Crippen molar-refractivity contribution in [1.82, 2.24) is 10.9 Å². The number of ether oxygens (including phenoxy) is 5. The number of fused-ring (bicyclic) bond motifs is 1. The lowest BCUT2D eigenvalue weighted by Crippen LogP contribution is -2.41. The molecular weight excluding hydrogens is 392 g/mol. The number of hydrazine groups is 1.